The van der Waals surface area contributed by atoms with Crippen molar-refractivity contribution in [3.05, 3.63) is 11.3 Å². The molecule has 0 unspecified atom stereocenters. The van der Waals surface area contributed by atoms with E-state index in [0.29, 0.717) is 11.3 Å². The van der Waals surface area contributed by atoms with Crippen LogP contribution in [0.2, 0.25) is 0 Å². The van der Waals surface area contributed by atoms with E-state index in [2.05, 4.69) is 0 Å². The van der Waals surface area contributed by atoms with Gasteiger partial charge in [0, 0.05) is 5.57 Å². The molecule has 3 amide bonds. The predicted molar refractivity (Wildman–Crippen MR) is 59.6 cm³/mol. The van der Waals surface area contributed by atoms with Gasteiger partial charge in [0.15, 0.2) is 0 Å². The number of carbonyl (C=O) groups is 3. The van der Waals surface area contributed by atoms with Crippen LogP contribution in [0.15, 0.2) is 11.3 Å². The first-order chi connectivity index (χ1) is 7.69. The summed E-state index contributed by atoms with van der Waals surface area (Å²) in [6, 6.07) is 0. The van der Waals surface area contributed by atoms with Gasteiger partial charge in [-0.15, -0.1) is 0 Å². The number of ether oxygens (including phenoxy) is 1. The summed E-state index contributed by atoms with van der Waals surface area (Å²) in [5, 5.41) is 0. The number of carbonyl (C=O) groups excluding carboxylic acids is 3. The Bertz CT molecular complexity index is 418. The van der Waals surface area contributed by atoms with Crippen molar-refractivity contribution in [2.45, 2.75) is 39.7 Å². The average Bonchev–Trinajstić information content (AvgIpc) is 2.35. The summed E-state index contributed by atoms with van der Waals surface area (Å²) in [5.74, 6) is -1.50. The second-order valence-corrected chi connectivity index (χ2v) is 4.67. The standard InChI is InChI=1S/C11H16N2O4/c1-5-6-7(12)9(15)13(8(6)14)10(16)17-11(2,3)4/h5,12H2,1-4H3. The van der Waals surface area contributed by atoms with Crippen molar-refractivity contribution in [1.29, 1.82) is 0 Å². The molecule has 2 N–H and O–H groups in total. The Balaban J connectivity index is 2.94. The molecule has 6 nitrogen and oxygen atoms in total. The van der Waals surface area contributed by atoms with Gasteiger partial charge in [0.2, 0.25) is 0 Å². The lowest BCUT2D eigenvalue weighted by atomic mass is 10.2. The third kappa shape index (κ3) is 2.46. The van der Waals surface area contributed by atoms with Crippen LogP contribution in [0.25, 0.3) is 0 Å². The molecule has 1 aliphatic heterocycles. The van der Waals surface area contributed by atoms with Crippen LogP contribution in [0.5, 0.6) is 0 Å². The van der Waals surface area contributed by atoms with Crippen molar-refractivity contribution in [2.75, 3.05) is 0 Å². The zero-order valence-electron chi connectivity index (χ0n) is 10.4. The second-order valence-electron chi connectivity index (χ2n) is 4.67. The monoisotopic (exact) mass is 240 g/mol. The van der Waals surface area contributed by atoms with Crippen molar-refractivity contribution < 1.29 is 19.1 Å². The minimum Gasteiger partial charge on any atom is -0.443 e. The molecular formula is C11H16N2O4. The SMILES string of the molecule is CCC1=C(N)C(=O)N(C(=O)OC(C)(C)C)C1=O. The summed E-state index contributed by atoms with van der Waals surface area (Å²) in [7, 11) is 0. The molecule has 0 atom stereocenters. The average molecular weight is 240 g/mol. The maximum absolute atomic E-state index is 11.8. The van der Waals surface area contributed by atoms with Crippen LogP contribution in [0, 0.1) is 0 Å². The molecule has 0 spiro atoms. The Labute approximate surface area is 99.4 Å². The lowest BCUT2D eigenvalue weighted by molar-refractivity contribution is -0.136. The molecule has 0 aromatic heterocycles. The Kier molecular flexibility index (Phi) is 3.26. The van der Waals surface area contributed by atoms with Crippen molar-refractivity contribution in [2.24, 2.45) is 5.73 Å². The second kappa shape index (κ2) is 4.20. The summed E-state index contributed by atoms with van der Waals surface area (Å²) in [6.07, 6.45) is -0.686. The highest BCUT2D eigenvalue weighted by molar-refractivity contribution is 6.26. The van der Waals surface area contributed by atoms with E-state index < -0.39 is 23.5 Å². The fourth-order valence-electron chi connectivity index (χ4n) is 1.41. The summed E-state index contributed by atoms with van der Waals surface area (Å²) >= 11 is 0. The number of hydrogen-bond donors (Lipinski definition) is 1. The molecular weight excluding hydrogens is 224 g/mol. The Morgan fingerprint density at radius 2 is 1.82 bits per heavy atom. The van der Waals surface area contributed by atoms with Crippen molar-refractivity contribution in [3.8, 4) is 0 Å². The fraction of sp³-hybridized carbons (Fsp3) is 0.545. The fourth-order valence-corrected chi connectivity index (χ4v) is 1.41. The minimum absolute atomic E-state index is 0.154. The largest absolute Gasteiger partial charge is 0.443 e. The molecule has 0 aliphatic carbocycles. The summed E-state index contributed by atoms with van der Waals surface area (Å²) in [4.78, 5) is 35.5. The van der Waals surface area contributed by atoms with E-state index in [4.69, 9.17) is 10.5 Å². The molecule has 0 saturated carbocycles. The number of imide groups is 3. The highest BCUT2D eigenvalue weighted by Gasteiger charge is 2.42. The van der Waals surface area contributed by atoms with Crippen LogP contribution in [0.1, 0.15) is 34.1 Å². The number of hydrogen-bond acceptors (Lipinski definition) is 5. The first-order valence-corrected chi connectivity index (χ1v) is 5.29. The maximum Gasteiger partial charge on any atom is 0.424 e. The van der Waals surface area contributed by atoms with Crippen molar-refractivity contribution in [3.63, 3.8) is 0 Å². The van der Waals surface area contributed by atoms with Gasteiger partial charge in [-0.3, -0.25) is 9.59 Å². The van der Waals surface area contributed by atoms with Crippen LogP contribution < -0.4 is 5.73 Å². The lowest BCUT2D eigenvalue weighted by Gasteiger charge is -2.22. The molecule has 0 saturated heterocycles. The highest BCUT2D eigenvalue weighted by atomic mass is 16.6. The van der Waals surface area contributed by atoms with Crippen molar-refractivity contribution >= 4 is 17.9 Å². The molecule has 17 heavy (non-hydrogen) atoms. The maximum atomic E-state index is 11.8. The van der Waals surface area contributed by atoms with Gasteiger partial charge in [-0.1, -0.05) is 6.92 Å². The number of nitrogens with two attached hydrogens (primary N) is 1. The first-order valence-electron chi connectivity index (χ1n) is 5.29. The van der Waals surface area contributed by atoms with Crippen LogP contribution in [0.4, 0.5) is 4.79 Å². The molecule has 1 aliphatic rings. The molecule has 0 bridgehead atoms. The third-order valence-corrected chi connectivity index (χ3v) is 2.15. The van der Waals surface area contributed by atoms with Gasteiger partial charge in [-0.25, -0.2) is 4.79 Å². The van der Waals surface area contributed by atoms with E-state index in [9.17, 15) is 14.4 Å². The van der Waals surface area contributed by atoms with Gasteiger partial charge in [0.25, 0.3) is 11.8 Å². The van der Waals surface area contributed by atoms with E-state index in [-0.39, 0.29) is 11.3 Å². The normalized spacial score (nSPS) is 16.8. The molecule has 1 rings (SSSR count). The summed E-state index contributed by atoms with van der Waals surface area (Å²) < 4.78 is 4.97. The topological polar surface area (TPSA) is 89.7 Å². The molecule has 1 heterocycles. The number of amides is 3. The smallest absolute Gasteiger partial charge is 0.424 e. The van der Waals surface area contributed by atoms with E-state index in [1.54, 1.807) is 27.7 Å². The Morgan fingerprint density at radius 3 is 2.18 bits per heavy atom. The zero-order valence-corrected chi connectivity index (χ0v) is 10.4. The Morgan fingerprint density at radius 1 is 1.29 bits per heavy atom. The van der Waals surface area contributed by atoms with Crippen LogP contribution in [-0.4, -0.2) is 28.4 Å². The minimum atomic E-state index is -0.987. The lowest BCUT2D eigenvalue weighted by Crippen LogP contribution is -2.42. The Hall–Kier alpha value is -1.85. The van der Waals surface area contributed by atoms with Gasteiger partial charge >= 0.3 is 6.09 Å². The first kappa shape index (κ1) is 13.2. The van der Waals surface area contributed by atoms with E-state index in [1.807, 2.05) is 0 Å². The van der Waals surface area contributed by atoms with E-state index >= 15 is 0 Å². The van der Waals surface area contributed by atoms with Crippen molar-refractivity contribution in [1.82, 2.24) is 4.90 Å². The summed E-state index contributed by atoms with van der Waals surface area (Å²) in [6.45, 7) is 6.63. The van der Waals surface area contributed by atoms with Gasteiger partial charge in [-0.2, -0.15) is 4.90 Å². The van der Waals surface area contributed by atoms with Gasteiger partial charge < -0.3 is 10.5 Å². The van der Waals surface area contributed by atoms with Gasteiger partial charge in [-0.05, 0) is 27.2 Å². The molecule has 94 valence electrons. The van der Waals surface area contributed by atoms with E-state index in [1.165, 1.54) is 0 Å². The zero-order chi connectivity index (χ0) is 13.4. The van der Waals surface area contributed by atoms with Crippen LogP contribution in [0.3, 0.4) is 0 Å². The van der Waals surface area contributed by atoms with Gasteiger partial charge in [0.1, 0.15) is 11.3 Å². The molecule has 0 radical (unpaired) electrons. The highest BCUT2D eigenvalue weighted by Crippen LogP contribution is 2.22. The third-order valence-electron chi connectivity index (χ3n) is 2.15. The molecule has 0 aromatic rings. The molecule has 0 fully saturated rings. The van der Waals surface area contributed by atoms with Crippen LogP contribution >= 0.6 is 0 Å². The quantitative estimate of drug-likeness (QED) is 0.688. The number of nitrogens with zero attached hydrogens (tertiary/aromatic N) is 1. The number of rotatable bonds is 1. The summed E-state index contributed by atoms with van der Waals surface area (Å²) in [5.41, 5.74) is 4.67. The molecule has 0 aromatic carbocycles. The van der Waals surface area contributed by atoms with E-state index in [0.717, 1.165) is 0 Å². The van der Waals surface area contributed by atoms with Crippen LogP contribution in [-0.2, 0) is 14.3 Å². The van der Waals surface area contributed by atoms with Gasteiger partial charge in [0.05, 0.1) is 0 Å². The predicted octanol–water partition coefficient (Wildman–Crippen LogP) is 0.913. The molecule has 6 heteroatoms.